The maximum Gasteiger partial charge on any atom is 0.185 e. The van der Waals surface area contributed by atoms with E-state index in [-0.39, 0.29) is 11.8 Å². The van der Waals surface area contributed by atoms with Crippen LogP contribution in [0.4, 0.5) is 0 Å². The molecule has 0 saturated heterocycles. The Labute approximate surface area is 103 Å². The molecular weight excluding hydrogens is 210 g/mol. The van der Waals surface area contributed by atoms with Crippen LogP contribution >= 0.6 is 0 Å². The first-order chi connectivity index (χ1) is 8.33. The maximum atomic E-state index is 11.7. The molecule has 0 spiro atoms. The monoisotopic (exact) mass is 229 g/mol. The minimum atomic E-state index is 0.118. The quantitative estimate of drug-likeness (QED) is 0.785. The minimum absolute atomic E-state index is 0.118. The van der Waals surface area contributed by atoms with Gasteiger partial charge in [-0.15, -0.1) is 0 Å². The third kappa shape index (κ3) is 2.83. The highest BCUT2D eigenvalue weighted by Crippen LogP contribution is 2.24. The van der Waals surface area contributed by atoms with Gasteiger partial charge in [0.05, 0.1) is 6.04 Å². The smallest absolute Gasteiger partial charge is 0.185 e. The van der Waals surface area contributed by atoms with E-state index >= 15 is 0 Å². The fourth-order valence-electron chi connectivity index (χ4n) is 2.18. The summed E-state index contributed by atoms with van der Waals surface area (Å²) in [5.41, 5.74) is 1.94. The Bertz CT molecular complexity index is 423. The van der Waals surface area contributed by atoms with Crippen molar-refractivity contribution in [2.45, 2.75) is 32.2 Å². The van der Waals surface area contributed by atoms with Gasteiger partial charge in [0.2, 0.25) is 0 Å². The molecule has 1 aromatic rings. The average molecular weight is 229 g/mol. The number of nitrogens with one attached hydrogen (secondary N) is 1. The second kappa shape index (κ2) is 5.78. The summed E-state index contributed by atoms with van der Waals surface area (Å²) < 4.78 is 0. The van der Waals surface area contributed by atoms with E-state index in [0.717, 1.165) is 17.7 Å². The highest BCUT2D eigenvalue weighted by molar-refractivity contribution is 6.07. The van der Waals surface area contributed by atoms with Crippen LogP contribution in [-0.4, -0.2) is 12.3 Å². The molecule has 1 atom stereocenters. The molecule has 0 bridgehead atoms. The van der Waals surface area contributed by atoms with Gasteiger partial charge in [-0.1, -0.05) is 50.1 Å². The largest absolute Gasteiger partial charge is 0.307 e. The van der Waals surface area contributed by atoms with Crippen LogP contribution in [0.25, 0.3) is 0 Å². The van der Waals surface area contributed by atoms with Crippen LogP contribution in [0.15, 0.2) is 36.4 Å². The van der Waals surface area contributed by atoms with E-state index < -0.39 is 0 Å². The molecule has 2 nitrogen and oxygen atoms in total. The SMILES string of the molecule is CCCCCNC1C=CC(=O)c2ccccc21. The summed E-state index contributed by atoms with van der Waals surface area (Å²) in [6, 6.07) is 8.05. The second-order valence-corrected chi connectivity index (χ2v) is 4.45. The number of carbonyl (C=O) groups is 1. The molecule has 2 rings (SSSR count). The predicted octanol–water partition coefficient (Wildman–Crippen LogP) is 3.26. The highest BCUT2D eigenvalue weighted by Gasteiger charge is 2.19. The summed E-state index contributed by atoms with van der Waals surface area (Å²) in [4.78, 5) is 11.7. The highest BCUT2D eigenvalue weighted by atomic mass is 16.1. The van der Waals surface area contributed by atoms with E-state index in [2.05, 4.69) is 12.2 Å². The van der Waals surface area contributed by atoms with E-state index in [0.29, 0.717) is 0 Å². The Morgan fingerprint density at radius 2 is 2.06 bits per heavy atom. The van der Waals surface area contributed by atoms with Crippen LogP contribution in [0, 0.1) is 0 Å². The van der Waals surface area contributed by atoms with Crippen LogP contribution in [-0.2, 0) is 0 Å². The first-order valence-electron chi connectivity index (χ1n) is 6.37. The van der Waals surface area contributed by atoms with Gasteiger partial charge in [-0.2, -0.15) is 0 Å². The van der Waals surface area contributed by atoms with Gasteiger partial charge in [0.15, 0.2) is 5.78 Å². The molecule has 0 saturated carbocycles. The third-order valence-corrected chi connectivity index (χ3v) is 3.15. The zero-order valence-corrected chi connectivity index (χ0v) is 10.3. The minimum Gasteiger partial charge on any atom is -0.307 e. The first kappa shape index (κ1) is 12.1. The van der Waals surface area contributed by atoms with Crippen molar-refractivity contribution in [1.82, 2.24) is 5.32 Å². The summed E-state index contributed by atoms with van der Waals surface area (Å²) in [5.74, 6) is 0.118. The lowest BCUT2D eigenvalue weighted by molar-refractivity contribution is 0.104. The summed E-state index contributed by atoms with van der Waals surface area (Å²) >= 11 is 0. The Morgan fingerprint density at radius 3 is 2.88 bits per heavy atom. The molecule has 0 radical (unpaired) electrons. The van der Waals surface area contributed by atoms with Gasteiger partial charge in [-0.05, 0) is 24.6 Å². The standard InChI is InChI=1S/C15H19NO/c1-2-3-6-11-16-14-9-10-15(17)13-8-5-4-7-12(13)14/h4-5,7-10,14,16H,2-3,6,11H2,1H3. The lowest BCUT2D eigenvalue weighted by Gasteiger charge is -2.21. The molecule has 1 aliphatic carbocycles. The number of carbonyl (C=O) groups excluding carboxylic acids is 1. The number of ketones is 1. The molecule has 0 aromatic heterocycles. The van der Waals surface area contributed by atoms with Crippen LogP contribution in [0.2, 0.25) is 0 Å². The molecule has 0 fully saturated rings. The molecular formula is C15H19NO. The van der Waals surface area contributed by atoms with Gasteiger partial charge >= 0.3 is 0 Å². The Balaban J connectivity index is 2.04. The topological polar surface area (TPSA) is 29.1 Å². The molecule has 90 valence electrons. The molecule has 1 aromatic carbocycles. The van der Waals surface area contributed by atoms with Crippen molar-refractivity contribution in [3.8, 4) is 0 Å². The van der Waals surface area contributed by atoms with Gasteiger partial charge in [-0.3, -0.25) is 4.79 Å². The fraction of sp³-hybridized carbons (Fsp3) is 0.400. The van der Waals surface area contributed by atoms with Crippen molar-refractivity contribution in [3.63, 3.8) is 0 Å². The number of hydrogen-bond donors (Lipinski definition) is 1. The number of rotatable bonds is 5. The lowest BCUT2D eigenvalue weighted by atomic mass is 9.92. The molecule has 0 heterocycles. The Morgan fingerprint density at radius 1 is 1.24 bits per heavy atom. The zero-order valence-electron chi connectivity index (χ0n) is 10.3. The summed E-state index contributed by atoms with van der Waals surface area (Å²) in [7, 11) is 0. The molecule has 0 amide bonds. The first-order valence-corrected chi connectivity index (χ1v) is 6.37. The average Bonchev–Trinajstić information content (AvgIpc) is 2.37. The molecule has 0 aliphatic heterocycles. The van der Waals surface area contributed by atoms with E-state index in [1.54, 1.807) is 6.08 Å². The number of benzene rings is 1. The normalized spacial score (nSPS) is 18.2. The lowest BCUT2D eigenvalue weighted by Crippen LogP contribution is -2.25. The van der Waals surface area contributed by atoms with Gasteiger partial charge in [0, 0.05) is 5.56 Å². The van der Waals surface area contributed by atoms with Gasteiger partial charge in [0.25, 0.3) is 0 Å². The number of allylic oxidation sites excluding steroid dienone is 1. The van der Waals surface area contributed by atoms with Gasteiger partial charge in [0.1, 0.15) is 0 Å². The van der Waals surface area contributed by atoms with Gasteiger partial charge < -0.3 is 5.32 Å². The summed E-state index contributed by atoms with van der Waals surface area (Å²) in [6.07, 6.45) is 7.33. The molecule has 2 heteroatoms. The van der Waals surface area contributed by atoms with E-state index in [1.165, 1.54) is 19.3 Å². The van der Waals surface area contributed by atoms with E-state index in [1.807, 2.05) is 30.3 Å². The van der Waals surface area contributed by atoms with Gasteiger partial charge in [-0.25, -0.2) is 0 Å². The van der Waals surface area contributed by atoms with Crippen LogP contribution < -0.4 is 5.32 Å². The van der Waals surface area contributed by atoms with E-state index in [9.17, 15) is 4.79 Å². The summed E-state index contributed by atoms with van der Waals surface area (Å²) in [5, 5.41) is 3.49. The van der Waals surface area contributed by atoms with Crippen molar-refractivity contribution in [2.24, 2.45) is 0 Å². The summed E-state index contributed by atoms with van der Waals surface area (Å²) in [6.45, 7) is 3.21. The maximum absolute atomic E-state index is 11.7. The van der Waals surface area contributed by atoms with Crippen molar-refractivity contribution in [3.05, 3.63) is 47.5 Å². The third-order valence-electron chi connectivity index (χ3n) is 3.15. The number of hydrogen-bond acceptors (Lipinski definition) is 2. The Kier molecular flexibility index (Phi) is 4.10. The zero-order chi connectivity index (χ0) is 12.1. The van der Waals surface area contributed by atoms with Crippen LogP contribution in [0.5, 0.6) is 0 Å². The fourth-order valence-corrected chi connectivity index (χ4v) is 2.18. The molecule has 17 heavy (non-hydrogen) atoms. The molecule has 1 N–H and O–H groups in total. The number of fused-ring (bicyclic) bond motifs is 1. The van der Waals surface area contributed by atoms with Crippen molar-refractivity contribution < 1.29 is 4.79 Å². The van der Waals surface area contributed by atoms with Crippen molar-refractivity contribution >= 4 is 5.78 Å². The second-order valence-electron chi connectivity index (χ2n) is 4.45. The molecule has 1 unspecified atom stereocenters. The van der Waals surface area contributed by atoms with Crippen molar-refractivity contribution in [1.29, 1.82) is 0 Å². The predicted molar refractivity (Wildman–Crippen MR) is 70.2 cm³/mol. The Hall–Kier alpha value is -1.41. The van der Waals surface area contributed by atoms with E-state index in [4.69, 9.17) is 0 Å². The molecule has 1 aliphatic rings. The van der Waals surface area contributed by atoms with Crippen LogP contribution in [0.3, 0.4) is 0 Å². The van der Waals surface area contributed by atoms with Crippen LogP contribution in [0.1, 0.15) is 48.1 Å². The van der Waals surface area contributed by atoms with Crippen molar-refractivity contribution in [2.75, 3.05) is 6.54 Å². The number of unbranched alkanes of at least 4 members (excludes halogenated alkanes) is 2.